The van der Waals surface area contributed by atoms with E-state index in [1.54, 1.807) is 0 Å². The molecule has 1 aliphatic carbocycles. The molecule has 9 aromatic carbocycles. The van der Waals surface area contributed by atoms with E-state index in [1.165, 1.54) is 28.3 Å². The molecule has 0 unspecified atom stereocenters. The summed E-state index contributed by atoms with van der Waals surface area (Å²) in [4.78, 5) is 15.4. The van der Waals surface area contributed by atoms with Crippen molar-refractivity contribution in [3.63, 3.8) is 0 Å². The first-order chi connectivity index (χ1) is 36.1. The summed E-state index contributed by atoms with van der Waals surface area (Å²) in [5.74, 6) is 1.77. The summed E-state index contributed by atoms with van der Waals surface area (Å²) < 4.78 is 15.2. The van der Waals surface area contributed by atoms with Gasteiger partial charge >= 0.3 is 0 Å². The first kappa shape index (κ1) is 43.6. The highest BCUT2D eigenvalue weighted by molar-refractivity contribution is 6.15. The third kappa shape index (κ3) is 7.81. The first-order valence-corrected chi connectivity index (χ1v) is 25.1. The first-order valence-electron chi connectivity index (χ1n) is 25.1. The Morgan fingerprint density at radius 2 is 1.03 bits per heavy atom. The van der Waals surface area contributed by atoms with Gasteiger partial charge in [-0.15, -0.1) is 0 Å². The normalized spacial score (nSPS) is 12.5. The number of hydrogen-bond acceptors (Lipinski definition) is 5. The van der Waals surface area contributed by atoms with Crippen LogP contribution in [-0.2, 0) is 0 Å². The fraction of sp³-hybridized carbons (Fsp3) is 0.0597. The topological polar surface area (TPSA) is 69.9 Å². The molecule has 0 spiro atoms. The van der Waals surface area contributed by atoms with E-state index in [9.17, 15) is 0 Å². The van der Waals surface area contributed by atoms with Gasteiger partial charge in [-0.3, -0.25) is 0 Å². The Labute approximate surface area is 422 Å². The third-order valence-corrected chi connectivity index (χ3v) is 13.7. The molecular weight excluding hydrogens is 893 g/mol. The summed E-state index contributed by atoms with van der Waals surface area (Å²) in [6.07, 6.45) is 12.6. The van der Waals surface area contributed by atoms with Gasteiger partial charge in [-0.1, -0.05) is 184 Å². The summed E-state index contributed by atoms with van der Waals surface area (Å²) in [6, 6.07) is 70.6. The molecule has 0 N–H and O–H groups in total. The largest absolute Gasteiger partial charge is 0.456 e. The van der Waals surface area contributed by atoms with Gasteiger partial charge < -0.3 is 13.4 Å². The van der Waals surface area contributed by atoms with Crippen LogP contribution >= 0.6 is 0 Å². The molecule has 0 amide bonds. The van der Waals surface area contributed by atoms with Crippen molar-refractivity contribution < 1.29 is 8.83 Å². The van der Waals surface area contributed by atoms with Gasteiger partial charge in [0.25, 0.3) is 0 Å². The predicted octanol–water partition coefficient (Wildman–Crippen LogP) is 18.4. The number of rotatable bonds is 7. The van der Waals surface area contributed by atoms with Crippen molar-refractivity contribution in [3.05, 3.63) is 236 Å². The Morgan fingerprint density at radius 1 is 0.425 bits per heavy atom. The smallest absolute Gasteiger partial charge is 0.164 e. The SMILES string of the molecule is C1=CCC=CC(c2nc(-c3ccc(-n4c5ccc(-c6ccccc6)cc5c5cccc(-c6cccc(-c7cccc8c7oc7ccccc78)c6)c54)cc3)nc(-c3ccc4c(c3)oc3ccccc34)n2)=C1.CCC. The molecule has 348 valence electrons. The van der Waals surface area contributed by atoms with E-state index in [0.29, 0.717) is 17.5 Å². The van der Waals surface area contributed by atoms with Gasteiger partial charge in [0.05, 0.1) is 11.0 Å². The Kier molecular flexibility index (Phi) is 11.0. The van der Waals surface area contributed by atoms with E-state index < -0.39 is 0 Å². The average Bonchev–Trinajstić information content (AvgIpc) is 4.05. The van der Waals surface area contributed by atoms with E-state index in [1.807, 2.05) is 36.4 Å². The second-order valence-electron chi connectivity index (χ2n) is 18.6. The maximum atomic E-state index is 6.53. The van der Waals surface area contributed by atoms with Crippen molar-refractivity contribution in [1.82, 2.24) is 19.5 Å². The molecule has 0 saturated heterocycles. The molecule has 14 rings (SSSR count). The lowest BCUT2D eigenvalue weighted by Crippen LogP contribution is -2.02. The number of nitrogens with zero attached hydrogens (tertiary/aromatic N) is 4. The monoisotopic (exact) mass is 940 g/mol. The van der Waals surface area contributed by atoms with E-state index in [0.717, 1.165) is 106 Å². The van der Waals surface area contributed by atoms with Crippen molar-refractivity contribution in [3.8, 4) is 61.8 Å². The second kappa shape index (κ2) is 18.4. The van der Waals surface area contributed by atoms with Gasteiger partial charge in [-0.05, 0) is 95.4 Å². The fourth-order valence-corrected chi connectivity index (χ4v) is 10.3. The molecule has 0 saturated carbocycles. The van der Waals surface area contributed by atoms with Crippen LogP contribution in [0.3, 0.4) is 0 Å². The van der Waals surface area contributed by atoms with Gasteiger partial charge in [0.1, 0.15) is 22.3 Å². The van der Waals surface area contributed by atoms with Crippen LogP contribution in [0.4, 0.5) is 0 Å². The van der Waals surface area contributed by atoms with Gasteiger partial charge in [0.2, 0.25) is 0 Å². The fourth-order valence-electron chi connectivity index (χ4n) is 10.3. The zero-order valence-electron chi connectivity index (χ0n) is 40.5. The quantitative estimate of drug-likeness (QED) is 0.159. The second-order valence-corrected chi connectivity index (χ2v) is 18.6. The van der Waals surface area contributed by atoms with E-state index in [-0.39, 0.29) is 0 Å². The predicted molar refractivity (Wildman–Crippen MR) is 303 cm³/mol. The van der Waals surface area contributed by atoms with E-state index in [4.69, 9.17) is 23.8 Å². The van der Waals surface area contributed by atoms with Crippen molar-refractivity contribution in [2.24, 2.45) is 0 Å². The van der Waals surface area contributed by atoms with Gasteiger partial charge in [-0.2, -0.15) is 0 Å². The summed E-state index contributed by atoms with van der Waals surface area (Å²) >= 11 is 0. The van der Waals surface area contributed by atoms with Crippen LogP contribution in [0.2, 0.25) is 0 Å². The minimum atomic E-state index is 0.578. The molecule has 0 aliphatic heterocycles. The van der Waals surface area contributed by atoms with Crippen LogP contribution in [0.25, 0.3) is 133 Å². The van der Waals surface area contributed by atoms with Crippen LogP contribution in [0.1, 0.15) is 32.5 Å². The molecular formula is C67H48N4O2. The molecule has 6 nitrogen and oxygen atoms in total. The molecule has 0 atom stereocenters. The van der Waals surface area contributed by atoms with Crippen molar-refractivity contribution in [2.75, 3.05) is 0 Å². The molecule has 6 heteroatoms. The number of fused-ring (bicyclic) bond motifs is 9. The Hall–Kier alpha value is -9.39. The number of aromatic nitrogens is 4. The lowest BCUT2D eigenvalue weighted by atomic mass is 9.96. The summed E-state index contributed by atoms with van der Waals surface area (Å²) in [6.45, 7) is 4.25. The lowest BCUT2D eigenvalue weighted by Gasteiger charge is -2.14. The third-order valence-electron chi connectivity index (χ3n) is 13.7. The molecule has 13 aromatic rings. The molecule has 4 aromatic heterocycles. The zero-order chi connectivity index (χ0) is 48.8. The van der Waals surface area contributed by atoms with Crippen molar-refractivity contribution in [1.29, 1.82) is 0 Å². The molecule has 1 aliphatic rings. The highest BCUT2D eigenvalue weighted by atomic mass is 16.3. The molecule has 4 heterocycles. The summed E-state index contributed by atoms with van der Waals surface area (Å²) in [7, 11) is 0. The van der Waals surface area contributed by atoms with Crippen LogP contribution in [0, 0.1) is 0 Å². The van der Waals surface area contributed by atoms with Crippen molar-refractivity contribution >= 4 is 71.3 Å². The molecule has 0 radical (unpaired) electrons. The summed E-state index contributed by atoms with van der Waals surface area (Å²) in [5, 5.41) is 6.72. The van der Waals surface area contributed by atoms with E-state index in [2.05, 4.69) is 213 Å². The number of furan rings is 2. The van der Waals surface area contributed by atoms with E-state index >= 15 is 0 Å². The highest BCUT2D eigenvalue weighted by Gasteiger charge is 2.21. The number of allylic oxidation sites excluding steroid dienone is 6. The van der Waals surface area contributed by atoms with Gasteiger partial charge in [-0.25, -0.2) is 15.0 Å². The molecule has 73 heavy (non-hydrogen) atoms. The maximum Gasteiger partial charge on any atom is 0.164 e. The Bertz CT molecular complexity index is 4340. The standard InChI is InChI=1S/C64H40N4O2.C3H8/c1-2-5-18-41(17-4-1)62-65-63(67-64(66-62)46-31-35-52-50-21-8-10-27-57(50)69-59(52)39-46)42-29-33-47(34-30-42)68-56-36-32-43(40-15-6-3-7-16-40)38-55(56)53-25-13-23-48(60(53)68)44-19-12-20-45(37-44)49-24-14-26-54-51-22-9-11-28-58(51)70-61(49)54;1-3-2/h1,3-39H,2H2;3H2,1-2H3. The van der Waals surface area contributed by atoms with Crippen molar-refractivity contribution in [2.45, 2.75) is 26.7 Å². The molecule has 0 fully saturated rings. The van der Waals surface area contributed by atoms with Crippen LogP contribution in [-0.4, -0.2) is 19.5 Å². The number of benzene rings is 9. The van der Waals surface area contributed by atoms with Crippen LogP contribution in [0.15, 0.2) is 239 Å². The Morgan fingerprint density at radius 3 is 1.84 bits per heavy atom. The number of hydrogen-bond donors (Lipinski definition) is 0. The number of para-hydroxylation sites is 4. The molecule has 0 bridgehead atoms. The minimum absolute atomic E-state index is 0.578. The summed E-state index contributed by atoms with van der Waals surface area (Å²) in [5.41, 5.74) is 16.1. The van der Waals surface area contributed by atoms with Gasteiger partial charge in [0, 0.05) is 65.8 Å². The zero-order valence-corrected chi connectivity index (χ0v) is 40.5. The van der Waals surface area contributed by atoms with Gasteiger partial charge in [0.15, 0.2) is 17.5 Å². The minimum Gasteiger partial charge on any atom is -0.456 e. The highest BCUT2D eigenvalue weighted by Crippen LogP contribution is 2.42. The maximum absolute atomic E-state index is 6.53. The van der Waals surface area contributed by atoms with Crippen LogP contribution in [0.5, 0.6) is 0 Å². The lowest BCUT2D eigenvalue weighted by molar-refractivity contribution is 0.669. The van der Waals surface area contributed by atoms with Crippen LogP contribution < -0.4 is 0 Å². The average molecular weight is 941 g/mol. The Balaban J connectivity index is 0.00000168.